The number of carbonyl (C=O) groups excluding carboxylic acids is 1. The first-order valence-corrected chi connectivity index (χ1v) is 7.56. The molecule has 22 heavy (non-hydrogen) atoms. The van der Waals surface area contributed by atoms with Gasteiger partial charge in [0.25, 0.3) is 0 Å². The van der Waals surface area contributed by atoms with E-state index in [0.29, 0.717) is 25.3 Å². The number of unbranched alkanes of at least 4 members (excludes halogenated alkanes) is 1. The Morgan fingerprint density at radius 2 is 2.27 bits per heavy atom. The SMILES string of the molecule is CCCCN(C)C(=O)Cn1nnc(C(=O)O)c1C1CCCO1. The first-order valence-electron chi connectivity index (χ1n) is 7.56. The normalized spacial score (nSPS) is 17.6. The Hall–Kier alpha value is -1.96. The lowest BCUT2D eigenvalue weighted by Gasteiger charge is -2.18. The van der Waals surface area contributed by atoms with E-state index in [2.05, 4.69) is 17.2 Å². The van der Waals surface area contributed by atoms with Crippen LogP contribution in [0.2, 0.25) is 0 Å². The number of ether oxygens (including phenoxy) is 1. The van der Waals surface area contributed by atoms with Crippen molar-refractivity contribution in [2.24, 2.45) is 0 Å². The summed E-state index contributed by atoms with van der Waals surface area (Å²) >= 11 is 0. The smallest absolute Gasteiger partial charge is 0.358 e. The number of rotatable bonds is 7. The van der Waals surface area contributed by atoms with Crippen LogP contribution in [0.25, 0.3) is 0 Å². The zero-order chi connectivity index (χ0) is 16.1. The molecule has 1 amide bonds. The molecular weight excluding hydrogens is 288 g/mol. The Kier molecular flexibility index (Phi) is 5.48. The van der Waals surface area contributed by atoms with Gasteiger partial charge in [0.2, 0.25) is 5.91 Å². The van der Waals surface area contributed by atoms with E-state index in [-0.39, 0.29) is 24.2 Å². The second-order valence-electron chi connectivity index (χ2n) is 5.46. The van der Waals surface area contributed by atoms with Crippen LogP contribution in [0, 0.1) is 0 Å². The van der Waals surface area contributed by atoms with Gasteiger partial charge in [-0.2, -0.15) is 0 Å². The number of likely N-dealkylation sites (N-methyl/N-ethyl adjacent to an activating group) is 1. The zero-order valence-electron chi connectivity index (χ0n) is 13.0. The molecule has 1 N–H and O–H groups in total. The van der Waals surface area contributed by atoms with Gasteiger partial charge >= 0.3 is 5.97 Å². The third-order valence-corrected chi connectivity index (χ3v) is 3.77. The number of carboxylic acid groups (broad SMARTS) is 1. The molecule has 0 aliphatic carbocycles. The molecule has 0 saturated carbocycles. The number of nitrogens with zero attached hydrogens (tertiary/aromatic N) is 4. The summed E-state index contributed by atoms with van der Waals surface area (Å²) < 4.78 is 6.91. The van der Waals surface area contributed by atoms with Gasteiger partial charge in [0, 0.05) is 20.2 Å². The van der Waals surface area contributed by atoms with Crippen LogP contribution in [0.15, 0.2) is 0 Å². The number of amides is 1. The minimum absolute atomic E-state index is 0.0182. The van der Waals surface area contributed by atoms with Crippen molar-refractivity contribution in [2.75, 3.05) is 20.2 Å². The number of aromatic carboxylic acids is 1. The van der Waals surface area contributed by atoms with E-state index in [0.717, 1.165) is 19.3 Å². The van der Waals surface area contributed by atoms with Gasteiger partial charge in [-0.1, -0.05) is 18.6 Å². The van der Waals surface area contributed by atoms with Crippen molar-refractivity contribution in [3.63, 3.8) is 0 Å². The van der Waals surface area contributed by atoms with Crippen LogP contribution < -0.4 is 0 Å². The van der Waals surface area contributed by atoms with Gasteiger partial charge < -0.3 is 14.7 Å². The number of hydrogen-bond donors (Lipinski definition) is 1. The molecule has 0 aromatic carbocycles. The van der Waals surface area contributed by atoms with Crippen molar-refractivity contribution < 1.29 is 19.4 Å². The molecule has 1 aliphatic rings. The molecule has 1 aliphatic heterocycles. The van der Waals surface area contributed by atoms with E-state index in [9.17, 15) is 14.7 Å². The lowest BCUT2D eigenvalue weighted by molar-refractivity contribution is -0.130. The minimum atomic E-state index is -1.15. The number of aromatic nitrogens is 3. The summed E-state index contributed by atoms with van der Waals surface area (Å²) in [6.07, 6.45) is 3.16. The number of hydrogen-bond acceptors (Lipinski definition) is 5. The van der Waals surface area contributed by atoms with Crippen molar-refractivity contribution in [3.8, 4) is 0 Å². The molecule has 1 fully saturated rings. The number of carbonyl (C=O) groups is 2. The fourth-order valence-electron chi connectivity index (χ4n) is 2.47. The molecule has 8 nitrogen and oxygen atoms in total. The summed E-state index contributed by atoms with van der Waals surface area (Å²) in [4.78, 5) is 25.1. The zero-order valence-corrected chi connectivity index (χ0v) is 13.0. The van der Waals surface area contributed by atoms with Gasteiger partial charge in [-0.05, 0) is 19.3 Å². The molecule has 1 aromatic heterocycles. The average Bonchev–Trinajstić information content (AvgIpc) is 3.12. The highest BCUT2D eigenvalue weighted by Gasteiger charge is 2.30. The lowest BCUT2D eigenvalue weighted by Crippen LogP contribution is -2.32. The molecule has 1 saturated heterocycles. The molecular formula is C14H22N4O4. The van der Waals surface area contributed by atoms with Crippen LogP contribution in [0.5, 0.6) is 0 Å². The van der Waals surface area contributed by atoms with E-state index in [1.54, 1.807) is 11.9 Å². The first-order chi connectivity index (χ1) is 10.5. The predicted octanol–water partition coefficient (Wildman–Crippen LogP) is 1.09. The summed E-state index contributed by atoms with van der Waals surface area (Å²) in [5, 5.41) is 16.8. The molecule has 2 heterocycles. The van der Waals surface area contributed by atoms with Crippen LogP contribution in [-0.4, -0.2) is 57.1 Å². The Morgan fingerprint density at radius 1 is 1.50 bits per heavy atom. The molecule has 8 heteroatoms. The summed E-state index contributed by atoms with van der Waals surface area (Å²) in [5.41, 5.74) is 0.262. The van der Waals surface area contributed by atoms with Crippen LogP contribution in [-0.2, 0) is 16.1 Å². The van der Waals surface area contributed by atoms with E-state index in [1.807, 2.05) is 0 Å². The summed E-state index contributed by atoms with van der Waals surface area (Å²) in [6.45, 7) is 3.30. The second kappa shape index (κ2) is 7.35. The molecule has 0 spiro atoms. The summed E-state index contributed by atoms with van der Waals surface area (Å²) in [5.74, 6) is -1.27. The summed E-state index contributed by atoms with van der Waals surface area (Å²) in [7, 11) is 1.73. The van der Waals surface area contributed by atoms with Crippen LogP contribution in [0.3, 0.4) is 0 Å². The van der Waals surface area contributed by atoms with E-state index in [1.165, 1.54) is 4.68 Å². The van der Waals surface area contributed by atoms with Crippen molar-refractivity contribution in [1.29, 1.82) is 0 Å². The second-order valence-corrected chi connectivity index (χ2v) is 5.46. The number of carboxylic acids is 1. The minimum Gasteiger partial charge on any atom is -0.476 e. The highest BCUT2D eigenvalue weighted by molar-refractivity contribution is 5.86. The van der Waals surface area contributed by atoms with E-state index in [4.69, 9.17) is 4.74 Å². The van der Waals surface area contributed by atoms with Crippen LogP contribution >= 0.6 is 0 Å². The largest absolute Gasteiger partial charge is 0.476 e. The molecule has 122 valence electrons. The van der Waals surface area contributed by atoms with Crippen molar-refractivity contribution in [2.45, 2.75) is 45.3 Å². The van der Waals surface area contributed by atoms with Gasteiger partial charge in [0.05, 0.1) is 0 Å². The van der Waals surface area contributed by atoms with Crippen molar-refractivity contribution in [3.05, 3.63) is 11.4 Å². The van der Waals surface area contributed by atoms with Crippen molar-refractivity contribution >= 4 is 11.9 Å². The van der Waals surface area contributed by atoms with Gasteiger partial charge in [-0.25, -0.2) is 9.48 Å². The monoisotopic (exact) mass is 310 g/mol. The maximum Gasteiger partial charge on any atom is 0.358 e. The highest BCUT2D eigenvalue weighted by atomic mass is 16.5. The highest BCUT2D eigenvalue weighted by Crippen LogP contribution is 2.30. The molecule has 1 aromatic rings. The van der Waals surface area contributed by atoms with Gasteiger partial charge in [0.1, 0.15) is 18.3 Å². The fraction of sp³-hybridized carbons (Fsp3) is 0.714. The van der Waals surface area contributed by atoms with E-state index >= 15 is 0 Å². The molecule has 0 bridgehead atoms. The lowest BCUT2D eigenvalue weighted by atomic mass is 10.1. The molecule has 0 radical (unpaired) electrons. The maximum atomic E-state index is 12.2. The Bertz CT molecular complexity index is 537. The topological polar surface area (TPSA) is 97.6 Å². The standard InChI is InChI=1S/C14H22N4O4/c1-3-4-7-17(2)11(19)9-18-13(10-6-5-8-22-10)12(14(20)21)15-16-18/h10H,3-9H2,1-2H3,(H,20,21). The van der Waals surface area contributed by atoms with Crippen LogP contribution in [0.1, 0.15) is 54.9 Å². The predicted molar refractivity (Wildman–Crippen MR) is 77.5 cm³/mol. The molecule has 1 atom stereocenters. The third-order valence-electron chi connectivity index (χ3n) is 3.77. The third kappa shape index (κ3) is 3.62. The van der Waals surface area contributed by atoms with Crippen LogP contribution in [0.4, 0.5) is 0 Å². The Morgan fingerprint density at radius 3 is 2.86 bits per heavy atom. The molecule has 1 unspecified atom stereocenters. The van der Waals surface area contributed by atoms with Crippen molar-refractivity contribution in [1.82, 2.24) is 19.9 Å². The average molecular weight is 310 g/mol. The van der Waals surface area contributed by atoms with Gasteiger partial charge in [0.15, 0.2) is 5.69 Å². The Balaban J connectivity index is 2.16. The van der Waals surface area contributed by atoms with E-state index < -0.39 is 5.97 Å². The summed E-state index contributed by atoms with van der Waals surface area (Å²) in [6, 6.07) is 0. The quantitative estimate of drug-likeness (QED) is 0.809. The maximum absolute atomic E-state index is 12.2. The Labute approximate surface area is 129 Å². The van der Waals surface area contributed by atoms with Gasteiger partial charge in [-0.3, -0.25) is 4.79 Å². The molecule has 2 rings (SSSR count). The fourth-order valence-corrected chi connectivity index (χ4v) is 2.47. The first kappa shape index (κ1) is 16.4. The van der Waals surface area contributed by atoms with Gasteiger partial charge in [-0.15, -0.1) is 5.10 Å².